The first-order valence-corrected chi connectivity index (χ1v) is 11.3. The maximum Gasteiger partial charge on any atom is 0.134 e. The molecule has 0 radical (unpaired) electrons. The van der Waals surface area contributed by atoms with E-state index in [4.69, 9.17) is 16.3 Å². The topological polar surface area (TPSA) is 66.4 Å². The lowest BCUT2D eigenvalue weighted by atomic mass is 10.0. The normalized spacial score (nSPS) is 19.7. The van der Waals surface area contributed by atoms with Gasteiger partial charge in [0.15, 0.2) is 0 Å². The van der Waals surface area contributed by atoms with Crippen molar-refractivity contribution in [1.29, 1.82) is 0 Å². The average molecular weight is 439 g/mol. The van der Waals surface area contributed by atoms with Crippen LogP contribution in [-0.4, -0.2) is 60.4 Å². The number of aromatic nitrogens is 3. The highest BCUT2D eigenvalue weighted by Crippen LogP contribution is 2.26. The Morgan fingerprint density at radius 2 is 1.87 bits per heavy atom. The first-order valence-electron chi connectivity index (χ1n) is 10.9. The van der Waals surface area contributed by atoms with Gasteiger partial charge in [-0.3, -0.25) is 4.98 Å². The van der Waals surface area contributed by atoms with E-state index in [1.165, 1.54) is 5.56 Å². The van der Waals surface area contributed by atoms with Crippen molar-refractivity contribution in [2.24, 2.45) is 0 Å². The van der Waals surface area contributed by atoms with Gasteiger partial charge in [0, 0.05) is 61.4 Å². The second kappa shape index (κ2) is 9.34. The number of hydrogen-bond acceptors (Lipinski definition) is 7. The summed E-state index contributed by atoms with van der Waals surface area (Å²) in [7, 11) is 0. The van der Waals surface area contributed by atoms with Gasteiger partial charge in [-0.1, -0.05) is 17.7 Å². The minimum absolute atomic E-state index is 0.394. The van der Waals surface area contributed by atoms with Gasteiger partial charge in [0.05, 0.1) is 18.7 Å². The third kappa shape index (κ3) is 4.59. The number of halogens is 1. The Balaban J connectivity index is 1.26. The number of nitrogens with one attached hydrogen (secondary N) is 1. The SMILES string of the molecule is Clc1ccc(CNC2CCCN(c3cc(N4CCOCC4)ncn3)C2)c2ncccc12. The van der Waals surface area contributed by atoms with Crippen LogP contribution in [0.1, 0.15) is 18.4 Å². The fraction of sp³-hybridized carbons (Fsp3) is 0.435. The van der Waals surface area contributed by atoms with Gasteiger partial charge in [-0.15, -0.1) is 0 Å². The number of morpholine rings is 1. The van der Waals surface area contributed by atoms with Gasteiger partial charge >= 0.3 is 0 Å². The van der Waals surface area contributed by atoms with Crippen LogP contribution >= 0.6 is 11.6 Å². The third-order valence-electron chi connectivity index (χ3n) is 6.10. The first-order chi connectivity index (χ1) is 15.3. The molecule has 2 saturated heterocycles. The van der Waals surface area contributed by atoms with E-state index >= 15 is 0 Å². The number of fused-ring (bicyclic) bond motifs is 1. The Morgan fingerprint density at radius 1 is 1.03 bits per heavy atom. The van der Waals surface area contributed by atoms with Crippen molar-refractivity contribution in [3.8, 4) is 0 Å². The largest absolute Gasteiger partial charge is 0.378 e. The van der Waals surface area contributed by atoms with Gasteiger partial charge in [0.2, 0.25) is 0 Å². The monoisotopic (exact) mass is 438 g/mol. The molecular formula is C23H27ClN6O. The van der Waals surface area contributed by atoms with E-state index in [-0.39, 0.29) is 0 Å². The molecule has 1 N–H and O–H groups in total. The highest BCUT2D eigenvalue weighted by Gasteiger charge is 2.22. The van der Waals surface area contributed by atoms with Gasteiger partial charge in [0.1, 0.15) is 18.0 Å². The smallest absolute Gasteiger partial charge is 0.134 e. The van der Waals surface area contributed by atoms with Crippen molar-refractivity contribution in [3.05, 3.63) is 53.4 Å². The number of anilines is 2. The summed E-state index contributed by atoms with van der Waals surface area (Å²) in [6, 6.07) is 10.5. The van der Waals surface area contributed by atoms with E-state index < -0.39 is 0 Å². The van der Waals surface area contributed by atoms with Crippen LogP contribution in [0.25, 0.3) is 10.9 Å². The molecule has 8 heteroatoms. The molecule has 2 aliphatic heterocycles. The Bertz CT molecular complexity index is 1040. The van der Waals surface area contributed by atoms with Crippen LogP contribution in [0.5, 0.6) is 0 Å². The van der Waals surface area contributed by atoms with Crippen LogP contribution in [0.2, 0.25) is 5.02 Å². The fourth-order valence-corrected chi connectivity index (χ4v) is 4.64. The quantitative estimate of drug-likeness (QED) is 0.655. The summed E-state index contributed by atoms with van der Waals surface area (Å²) in [5, 5.41) is 5.48. The molecule has 4 heterocycles. The van der Waals surface area contributed by atoms with Crippen molar-refractivity contribution < 1.29 is 4.74 Å². The van der Waals surface area contributed by atoms with E-state index in [0.717, 1.165) is 86.3 Å². The van der Waals surface area contributed by atoms with Crippen molar-refractivity contribution >= 4 is 34.1 Å². The lowest BCUT2D eigenvalue weighted by Crippen LogP contribution is -2.46. The molecule has 2 aromatic heterocycles. The average Bonchev–Trinajstić information content (AvgIpc) is 2.85. The molecule has 5 rings (SSSR count). The number of pyridine rings is 1. The summed E-state index contributed by atoms with van der Waals surface area (Å²) in [4.78, 5) is 18.2. The second-order valence-corrected chi connectivity index (χ2v) is 8.51. The van der Waals surface area contributed by atoms with Crippen molar-refractivity contribution in [2.75, 3.05) is 49.2 Å². The van der Waals surface area contributed by atoms with Crippen LogP contribution in [0, 0.1) is 0 Å². The van der Waals surface area contributed by atoms with E-state index in [1.807, 2.05) is 24.4 Å². The number of hydrogen-bond donors (Lipinski definition) is 1. The minimum Gasteiger partial charge on any atom is -0.378 e. The van der Waals surface area contributed by atoms with Gasteiger partial charge in [0.25, 0.3) is 0 Å². The van der Waals surface area contributed by atoms with Gasteiger partial charge < -0.3 is 19.9 Å². The van der Waals surface area contributed by atoms with Crippen LogP contribution in [0.3, 0.4) is 0 Å². The maximum atomic E-state index is 6.34. The van der Waals surface area contributed by atoms with E-state index in [2.05, 4.69) is 42.2 Å². The molecule has 1 unspecified atom stereocenters. The van der Waals surface area contributed by atoms with Crippen LogP contribution < -0.4 is 15.1 Å². The van der Waals surface area contributed by atoms with Gasteiger partial charge in [-0.25, -0.2) is 9.97 Å². The molecule has 0 aliphatic carbocycles. The highest BCUT2D eigenvalue weighted by atomic mass is 35.5. The summed E-state index contributed by atoms with van der Waals surface area (Å²) < 4.78 is 5.46. The number of rotatable bonds is 5. The van der Waals surface area contributed by atoms with Gasteiger partial charge in [-0.05, 0) is 36.6 Å². The molecule has 0 amide bonds. The van der Waals surface area contributed by atoms with Crippen molar-refractivity contribution in [3.63, 3.8) is 0 Å². The van der Waals surface area contributed by atoms with Crippen LogP contribution in [0.4, 0.5) is 11.6 Å². The molecule has 31 heavy (non-hydrogen) atoms. The Kier molecular flexibility index (Phi) is 6.15. The third-order valence-corrected chi connectivity index (χ3v) is 6.43. The predicted octanol–water partition coefficient (Wildman–Crippen LogP) is 3.27. The zero-order valence-electron chi connectivity index (χ0n) is 17.5. The van der Waals surface area contributed by atoms with E-state index in [1.54, 1.807) is 6.33 Å². The molecular weight excluding hydrogens is 412 g/mol. The molecule has 0 bridgehead atoms. The molecule has 2 aliphatic rings. The zero-order valence-corrected chi connectivity index (χ0v) is 18.3. The van der Waals surface area contributed by atoms with Gasteiger partial charge in [-0.2, -0.15) is 0 Å². The molecule has 1 atom stereocenters. The molecule has 0 spiro atoms. The summed E-state index contributed by atoms with van der Waals surface area (Å²) in [5.41, 5.74) is 2.15. The highest BCUT2D eigenvalue weighted by molar-refractivity contribution is 6.35. The van der Waals surface area contributed by atoms with Crippen molar-refractivity contribution in [1.82, 2.24) is 20.3 Å². The zero-order chi connectivity index (χ0) is 21.0. The number of ether oxygens (including phenoxy) is 1. The lowest BCUT2D eigenvalue weighted by molar-refractivity contribution is 0.122. The van der Waals surface area contributed by atoms with E-state index in [0.29, 0.717) is 6.04 Å². The summed E-state index contributed by atoms with van der Waals surface area (Å²) >= 11 is 6.34. The Morgan fingerprint density at radius 3 is 2.74 bits per heavy atom. The summed E-state index contributed by atoms with van der Waals surface area (Å²) in [5.74, 6) is 1.99. The molecule has 3 aromatic rings. The Hall–Kier alpha value is -2.48. The number of benzene rings is 1. The maximum absolute atomic E-state index is 6.34. The number of nitrogens with zero attached hydrogens (tertiary/aromatic N) is 5. The molecule has 162 valence electrons. The molecule has 2 fully saturated rings. The minimum atomic E-state index is 0.394. The van der Waals surface area contributed by atoms with E-state index in [9.17, 15) is 0 Å². The predicted molar refractivity (Wildman–Crippen MR) is 124 cm³/mol. The van der Waals surface area contributed by atoms with Crippen LogP contribution in [-0.2, 0) is 11.3 Å². The summed E-state index contributed by atoms with van der Waals surface area (Å²) in [6.07, 6.45) is 5.79. The molecule has 0 saturated carbocycles. The Labute approximate surface area is 187 Å². The second-order valence-electron chi connectivity index (χ2n) is 8.11. The standard InChI is InChI=1S/C23H27ClN6O/c24-20-6-5-17(23-19(20)4-1-7-25-23)14-26-18-3-2-8-30(15-18)22-13-21(27-16-28-22)29-9-11-31-12-10-29/h1,4-7,13,16,18,26H,2-3,8-12,14-15H2. The first kappa shape index (κ1) is 20.4. The molecule has 7 nitrogen and oxygen atoms in total. The fourth-order valence-electron chi connectivity index (χ4n) is 4.42. The van der Waals surface area contributed by atoms with Crippen molar-refractivity contribution in [2.45, 2.75) is 25.4 Å². The number of piperidine rings is 1. The lowest BCUT2D eigenvalue weighted by Gasteiger charge is -2.35. The molecule has 1 aromatic carbocycles. The van der Waals surface area contributed by atoms with Crippen LogP contribution in [0.15, 0.2) is 42.9 Å². The summed E-state index contributed by atoms with van der Waals surface area (Å²) in [6.45, 7) is 5.98.